The summed E-state index contributed by atoms with van der Waals surface area (Å²) in [5.41, 5.74) is 1.49. The SMILES string of the molecule is CCOc1ccccc1NC(=O)Cn1cc(C(=O)c2ccc(Br)cc2)c(=O)c2ccc(C)nc21. The van der Waals surface area contributed by atoms with Crippen molar-refractivity contribution in [2.75, 3.05) is 11.9 Å². The van der Waals surface area contributed by atoms with Crippen LogP contribution in [0.5, 0.6) is 5.75 Å². The van der Waals surface area contributed by atoms with Gasteiger partial charge in [0.05, 0.1) is 23.2 Å². The molecule has 0 aliphatic carbocycles. The number of rotatable bonds is 7. The Labute approximate surface area is 204 Å². The van der Waals surface area contributed by atoms with E-state index in [4.69, 9.17) is 4.74 Å². The number of anilines is 1. The molecule has 0 aliphatic heterocycles. The molecule has 2 aromatic carbocycles. The highest BCUT2D eigenvalue weighted by molar-refractivity contribution is 9.10. The van der Waals surface area contributed by atoms with Gasteiger partial charge in [0.15, 0.2) is 5.78 Å². The predicted octanol–water partition coefficient (Wildman–Crippen LogP) is 4.74. The van der Waals surface area contributed by atoms with Gasteiger partial charge in [-0.25, -0.2) is 4.98 Å². The zero-order chi connectivity index (χ0) is 24.2. The standard InChI is InChI=1S/C26H22BrN3O4/c1-3-34-22-7-5-4-6-21(22)29-23(31)15-30-14-20(24(32)17-9-11-18(27)12-10-17)25(33)19-13-8-16(2)28-26(19)30/h4-14H,3,15H2,1-2H3,(H,29,31). The van der Waals surface area contributed by atoms with Crippen molar-refractivity contribution in [2.24, 2.45) is 0 Å². The van der Waals surface area contributed by atoms with Crippen LogP contribution in [0.15, 0.2) is 76.1 Å². The molecule has 0 fully saturated rings. The second-order valence-electron chi connectivity index (χ2n) is 7.64. The first-order chi connectivity index (χ1) is 16.4. The summed E-state index contributed by atoms with van der Waals surface area (Å²) in [5, 5.41) is 3.12. The molecule has 1 amide bonds. The van der Waals surface area contributed by atoms with Gasteiger partial charge >= 0.3 is 0 Å². The summed E-state index contributed by atoms with van der Waals surface area (Å²) in [6, 6.07) is 17.2. The van der Waals surface area contributed by atoms with Gasteiger partial charge < -0.3 is 14.6 Å². The molecule has 0 atom stereocenters. The van der Waals surface area contributed by atoms with E-state index in [0.29, 0.717) is 34.9 Å². The molecule has 0 aliphatic rings. The van der Waals surface area contributed by atoms with Crippen molar-refractivity contribution in [3.63, 3.8) is 0 Å². The molecule has 0 unspecified atom stereocenters. The summed E-state index contributed by atoms with van der Waals surface area (Å²) in [5.74, 6) is -0.207. The number of amides is 1. The number of hydrogen-bond donors (Lipinski definition) is 1. The Morgan fingerprint density at radius 3 is 2.53 bits per heavy atom. The molecule has 0 saturated carbocycles. The minimum absolute atomic E-state index is 0.0250. The maximum Gasteiger partial charge on any atom is 0.244 e. The number of halogens is 1. The molecule has 0 radical (unpaired) electrons. The van der Waals surface area contributed by atoms with Crippen molar-refractivity contribution in [2.45, 2.75) is 20.4 Å². The van der Waals surface area contributed by atoms with E-state index in [2.05, 4.69) is 26.2 Å². The van der Waals surface area contributed by atoms with Crippen LogP contribution in [-0.4, -0.2) is 27.8 Å². The number of ether oxygens (including phenoxy) is 1. The molecule has 7 nitrogen and oxygen atoms in total. The Morgan fingerprint density at radius 2 is 1.79 bits per heavy atom. The third-order valence-electron chi connectivity index (χ3n) is 5.19. The number of carbonyl (C=O) groups is 2. The Bertz CT molecular complexity index is 1450. The fourth-order valence-corrected chi connectivity index (χ4v) is 3.86. The molecule has 8 heteroatoms. The molecule has 0 spiro atoms. The van der Waals surface area contributed by atoms with Crippen LogP contribution in [0.25, 0.3) is 11.0 Å². The normalized spacial score (nSPS) is 10.8. The van der Waals surface area contributed by atoms with Gasteiger partial charge in [-0.15, -0.1) is 0 Å². The van der Waals surface area contributed by atoms with Gasteiger partial charge in [-0.1, -0.05) is 28.1 Å². The van der Waals surface area contributed by atoms with Crippen molar-refractivity contribution < 1.29 is 14.3 Å². The summed E-state index contributed by atoms with van der Waals surface area (Å²) in [7, 11) is 0. The van der Waals surface area contributed by atoms with Gasteiger partial charge in [0.25, 0.3) is 0 Å². The van der Waals surface area contributed by atoms with Gasteiger partial charge in [0.1, 0.15) is 17.9 Å². The van der Waals surface area contributed by atoms with E-state index in [9.17, 15) is 14.4 Å². The second kappa shape index (κ2) is 10.0. The van der Waals surface area contributed by atoms with E-state index in [1.165, 1.54) is 10.8 Å². The summed E-state index contributed by atoms with van der Waals surface area (Å²) in [6.45, 7) is 3.98. The van der Waals surface area contributed by atoms with E-state index in [-0.39, 0.29) is 23.4 Å². The fourth-order valence-electron chi connectivity index (χ4n) is 3.59. The lowest BCUT2D eigenvalue weighted by Crippen LogP contribution is -2.25. The van der Waals surface area contributed by atoms with Crippen molar-refractivity contribution in [3.05, 3.63) is 98.4 Å². The molecule has 172 valence electrons. The molecular formula is C26H22BrN3O4. The maximum absolute atomic E-state index is 13.2. The lowest BCUT2D eigenvalue weighted by atomic mass is 10.0. The Morgan fingerprint density at radius 1 is 1.06 bits per heavy atom. The largest absolute Gasteiger partial charge is 0.492 e. The van der Waals surface area contributed by atoms with Crippen molar-refractivity contribution in [3.8, 4) is 5.75 Å². The van der Waals surface area contributed by atoms with Gasteiger partial charge in [0, 0.05) is 21.9 Å². The van der Waals surface area contributed by atoms with Gasteiger partial charge in [0.2, 0.25) is 11.3 Å². The minimum Gasteiger partial charge on any atom is -0.492 e. The average Bonchev–Trinajstić information content (AvgIpc) is 2.82. The Kier molecular flexibility index (Phi) is 6.88. The number of nitrogens with one attached hydrogen (secondary N) is 1. The van der Waals surface area contributed by atoms with Gasteiger partial charge in [-0.2, -0.15) is 0 Å². The topological polar surface area (TPSA) is 90.3 Å². The van der Waals surface area contributed by atoms with Crippen molar-refractivity contribution in [1.82, 2.24) is 9.55 Å². The summed E-state index contributed by atoms with van der Waals surface area (Å²) in [4.78, 5) is 43.8. The third kappa shape index (κ3) is 4.92. The highest BCUT2D eigenvalue weighted by Crippen LogP contribution is 2.24. The number of fused-ring (bicyclic) bond motifs is 1. The molecule has 2 heterocycles. The molecule has 0 bridgehead atoms. The number of para-hydroxylation sites is 2. The van der Waals surface area contributed by atoms with Crippen LogP contribution in [0.2, 0.25) is 0 Å². The lowest BCUT2D eigenvalue weighted by Gasteiger charge is -2.15. The van der Waals surface area contributed by atoms with E-state index >= 15 is 0 Å². The predicted molar refractivity (Wildman–Crippen MR) is 135 cm³/mol. The number of pyridine rings is 2. The van der Waals surface area contributed by atoms with Crippen LogP contribution >= 0.6 is 15.9 Å². The minimum atomic E-state index is -0.422. The zero-order valence-electron chi connectivity index (χ0n) is 18.7. The van der Waals surface area contributed by atoms with Gasteiger partial charge in [-0.3, -0.25) is 14.4 Å². The van der Waals surface area contributed by atoms with Crippen molar-refractivity contribution in [1.29, 1.82) is 0 Å². The zero-order valence-corrected chi connectivity index (χ0v) is 20.3. The molecular weight excluding hydrogens is 498 g/mol. The highest BCUT2D eigenvalue weighted by atomic mass is 79.9. The molecule has 0 saturated heterocycles. The number of aryl methyl sites for hydroxylation is 1. The first-order valence-electron chi connectivity index (χ1n) is 10.7. The molecule has 4 rings (SSSR count). The molecule has 34 heavy (non-hydrogen) atoms. The fraction of sp³-hybridized carbons (Fsp3) is 0.154. The van der Waals surface area contributed by atoms with E-state index < -0.39 is 11.2 Å². The van der Waals surface area contributed by atoms with Crippen LogP contribution in [0, 0.1) is 6.92 Å². The van der Waals surface area contributed by atoms with Crippen LogP contribution in [0.4, 0.5) is 5.69 Å². The number of hydrogen-bond acceptors (Lipinski definition) is 5. The van der Waals surface area contributed by atoms with E-state index in [1.807, 2.05) is 13.0 Å². The number of nitrogens with zero attached hydrogens (tertiary/aromatic N) is 2. The monoisotopic (exact) mass is 519 g/mol. The summed E-state index contributed by atoms with van der Waals surface area (Å²) in [6.07, 6.45) is 1.41. The number of benzene rings is 2. The molecule has 1 N–H and O–H groups in total. The van der Waals surface area contributed by atoms with Crippen LogP contribution < -0.4 is 15.5 Å². The van der Waals surface area contributed by atoms with Crippen LogP contribution in [0.1, 0.15) is 28.5 Å². The van der Waals surface area contributed by atoms with Gasteiger partial charge in [-0.05, 0) is 62.4 Å². The maximum atomic E-state index is 13.2. The smallest absolute Gasteiger partial charge is 0.244 e. The Hall–Kier alpha value is -3.78. The lowest BCUT2D eigenvalue weighted by molar-refractivity contribution is -0.116. The number of ketones is 1. The molecule has 2 aromatic heterocycles. The Balaban J connectivity index is 1.74. The van der Waals surface area contributed by atoms with Crippen LogP contribution in [0.3, 0.4) is 0 Å². The highest BCUT2D eigenvalue weighted by Gasteiger charge is 2.19. The van der Waals surface area contributed by atoms with Crippen molar-refractivity contribution >= 4 is 44.3 Å². The number of aromatic nitrogens is 2. The molecule has 4 aromatic rings. The third-order valence-corrected chi connectivity index (χ3v) is 5.72. The first kappa shape index (κ1) is 23.4. The number of carbonyl (C=O) groups excluding carboxylic acids is 2. The first-order valence-corrected chi connectivity index (χ1v) is 11.5. The average molecular weight is 520 g/mol. The van der Waals surface area contributed by atoms with Crippen LogP contribution in [-0.2, 0) is 11.3 Å². The van der Waals surface area contributed by atoms with E-state index in [0.717, 1.165) is 4.47 Å². The second-order valence-corrected chi connectivity index (χ2v) is 8.55. The summed E-state index contributed by atoms with van der Waals surface area (Å²) >= 11 is 3.35. The quantitative estimate of drug-likeness (QED) is 0.356. The summed E-state index contributed by atoms with van der Waals surface area (Å²) < 4.78 is 7.93. The van der Waals surface area contributed by atoms with E-state index in [1.54, 1.807) is 61.5 Å².